The van der Waals surface area contributed by atoms with Gasteiger partial charge in [0.2, 0.25) is 0 Å². The van der Waals surface area contributed by atoms with E-state index in [1.807, 2.05) is 18.2 Å². The van der Waals surface area contributed by atoms with Crippen molar-refractivity contribution in [3.63, 3.8) is 0 Å². The topological polar surface area (TPSA) is 35.0 Å². The number of benzene rings is 1. The van der Waals surface area contributed by atoms with Crippen molar-refractivity contribution in [1.29, 1.82) is 0 Å². The summed E-state index contributed by atoms with van der Waals surface area (Å²) in [6.45, 7) is 0.410. The molecule has 1 heterocycles. The number of nitrogens with zero attached hydrogens (tertiary/aromatic N) is 2. The molecule has 0 atom stereocenters. The first-order valence-corrected chi connectivity index (χ1v) is 7.04. The molecule has 0 fully saturated rings. The predicted molar refractivity (Wildman–Crippen MR) is 78.6 cm³/mol. The van der Waals surface area contributed by atoms with Gasteiger partial charge in [-0.3, -0.25) is 0 Å². The summed E-state index contributed by atoms with van der Waals surface area (Å²) in [5.74, 6) is 0.586. The zero-order valence-electron chi connectivity index (χ0n) is 9.45. The first kappa shape index (κ1) is 13.9. The van der Waals surface area contributed by atoms with Crippen molar-refractivity contribution in [2.24, 2.45) is 0 Å². The van der Waals surface area contributed by atoms with E-state index in [-0.39, 0.29) is 0 Å². The van der Waals surface area contributed by atoms with Gasteiger partial charge in [-0.25, -0.2) is 9.97 Å². The van der Waals surface area contributed by atoms with Crippen LogP contribution in [0, 0.1) is 0 Å². The number of aromatic nitrogens is 2. The van der Waals surface area contributed by atoms with Gasteiger partial charge in [-0.15, -0.1) is 0 Å². The van der Waals surface area contributed by atoms with E-state index in [9.17, 15) is 0 Å². The summed E-state index contributed by atoms with van der Waals surface area (Å²) >= 11 is 12.9. The van der Waals surface area contributed by atoms with E-state index < -0.39 is 0 Å². The standard InChI is InChI=1S/C12H9Br2ClN2O/c1-18-6-8-5-11(15)17-12(16-8)7-2-3-9(13)10(14)4-7/h2-5H,6H2,1H3. The molecule has 0 spiro atoms. The molecule has 94 valence electrons. The summed E-state index contributed by atoms with van der Waals surface area (Å²) in [7, 11) is 1.62. The van der Waals surface area contributed by atoms with E-state index in [2.05, 4.69) is 41.8 Å². The van der Waals surface area contributed by atoms with Crippen molar-refractivity contribution < 1.29 is 4.74 Å². The van der Waals surface area contributed by atoms with Gasteiger partial charge in [0.25, 0.3) is 0 Å². The highest BCUT2D eigenvalue weighted by molar-refractivity contribution is 9.13. The minimum absolute atomic E-state index is 0.408. The first-order valence-electron chi connectivity index (χ1n) is 5.08. The van der Waals surface area contributed by atoms with Crippen LogP contribution in [0.5, 0.6) is 0 Å². The Labute approximate surface area is 127 Å². The summed E-state index contributed by atoms with van der Waals surface area (Å²) < 4.78 is 6.97. The number of ether oxygens (including phenoxy) is 1. The maximum atomic E-state index is 5.98. The molecule has 0 bridgehead atoms. The molecule has 3 nitrogen and oxygen atoms in total. The Kier molecular flexibility index (Phi) is 4.72. The van der Waals surface area contributed by atoms with E-state index in [0.29, 0.717) is 17.6 Å². The minimum Gasteiger partial charge on any atom is -0.378 e. The molecule has 0 saturated heterocycles. The van der Waals surface area contributed by atoms with E-state index in [1.54, 1.807) is 13.2 Å². The fourth-order valence-corrected chi connectivity index (χ4v) is 2.28. The summed E-state index contributed by atoms with van der Waals surface area (Å²) in [5.41, 5.74) is 1.65. The molecule has 1 aromatic carbocycles. The summed E-state index contributed by atoms with van der Waals surface area (Å²) in [5, 5.41) is 0.408. The van der Waals surface area contributed by atoms with Crippen molar-refractivity contribution in [1.82, 2.24) is 9.97 Å². The Morgan fingerprint density at radius 3 is 2.61 bits per heavy atom. The van der Waals surface area contributed by atoms with E-state index in [1.165, 1.54) is 0 Å². The monoisotopic (exact) mass is 390 g/mol. The Hall–Kier alpha value is -0.490. The minimum atomic E-state index is 0.408. The lowest BCUT2D eigenvalue weighted by molar-refractivity contribution is 0.181. The smallest absolute Gasteiger partial charge is 0.161 e. The largest absolute Gasteiger partial charge is 0.378 e. The molecule has 0 amide bonds. The SMILES string of the molecule is COCc1cc(Cl)nc(-c2ccc(Br)c(Br)c2)n1. The number of rotatable bonds is 3. The quantitative estimate of drug-likeness (QED) is 0.723. The summed E-state index contributed by atoms with van der Waals surface area (Å²) in [6, 6.07) is 7.49. The third-order valence-corrected chi connectivity index (χ3v) is 4.29. The lowest BCUT2D eigenvalue weighted by Crippen LogP contribution is -1.97. The van der Waals surface area contributed by atoms with Crippen LogP contribution in [0.2, 0.25) is 5.15 Å². The number of hydrogen-bond acceptors (Lipinski definition) is 3. The maximum absolute atomic E-state index is 5.98. The average molecular weight is 392 g/mol. The van der Waals surface area contributed by atoms with Crippen LogP contribution in [0.4, 0.5) is 0 Å². The highest BCUT2D eigenvalue weighted by atomic mass is 79.9. The molecule has 18 heavy (non-hydrogen) atoms. The number of methoxy groups -OCH3 is 1. The van der Waals surface area contributed by atoms with Gasteiger partial charge in [0.15, 0.2) is 5.82 Å². The Balaban J connectivity index is 2.46. The molecule has 2 rings (SSSR count). The van der Waals surface area contributed by atoms with Gasteiger partial charge in [-0.2, -0.15) is 0 Å². The molecule has 0 saturated carbocycles. The van der Waals surface area contributed by atoms with Crippen molar-refractivity contribution in [2.45, 2.75) is 6.61 Å². The van der Waals surface area contributed by atoms with Crippen LogP contribution in [-0.2, 0) is 11.3 Å². The van der Waals surface area contributed by atoms with Crippen molar-refractivity contribution in [2.75, 3.05) is 7.11 Å². The van der Waals surface area contributed by atoms with Crippen LogP contribution in [0.3, 0.4) is 0 Å². The van der Waals surface area contributed by atoms with Crippen LogP contribution in [0.15, 0.2) is 33.2 Å². The lowest BCUT2D eigenvalue weighted by atomic mass is 10.2. The molecular weight excluding hydrogens is 383 g/mol. The molecule has 0 aliphatic heterocycles. The second-order valence-corrected chi connectivity index (χ2v) is 5.66. The van der Waals surface area contributed by atoms with Crippen molar-refractivity contribution >= 4 is 43.5 Å². The van der Waals surface area contributed by atoms with Gasteiger partial charge in [0.05, 0.1) is 12.3 Å². The molecule has 0 aliphatic carbocycles. The lowest BCUT2D eigenvalue weighted by Gasteiger charge is -2.06. The first-order chi connectivity index (χ1) is 8.60. The van der Waals surface area contributed by atoms with Crippen molar-refractivity contribution in [3.05, 3.63) is 44.1 Å². The summed E-state index contributed by atoms with van der Waals surface area (Å²) in [4.78, 5) is 8.63. The third-order valence-electron chi connectivity index (χ3n) is 2.22. The zero-order valence-corrected chi connectivity index (χ0v) is 13.4. The second kappa shape index (κ2) is 6.10. The Bertz CT molecular complexity index is 578. The average Bonchev–Trinajstić information content (AvgIpc) is 2.32. The van der Waals surface area contributed by atoms with Gasteiger partial charge in [0, 0.05) is 21.6 Å². The molecular formula is C12H9Br2ClN2O. The predicted octanol–water partition coefficient (Wildman–Crippen LogP) is 4.47. The van der Waals surface area contributed by atoms with Gasteiger partial charge in [-0.05, 0) is 56.1 Å². The van der Waals surface area contributed by atoms with E-state index in [0.717, 1.165) is 20.2 Å². The van der Waals surface area contributed by atoms with Crippen LogP contribution >= 0.6 is 43.5 Å². The molecule has 1 aromatic heterocycles. The van der Waals surface area contributed by atoms with Gasteiger partial charge >= 0.3 is 0 Å². The molecule has 0 unspecified atom stereocenters. The summed E-state index contributed by atoms with van der Waals surface area (Å²) in [6.07, 6.45) is 0. The Morgan fingerprint density at radius 1 is 1.17 bits per heavy atom. The second-order valence-electron chi connectivity index (χ2n) is 3.57. The molecule has 0 aliphatic rings. The fourth-order valence-electron chi connectivity index (χ4n) is 1.45. The number of hydrogen-bond donors (Lipinski definition) is 0. The van der Waals surface area contributed by atoms with Gasteiger partial charge in [0.1, 0.15) is 5.15 Å². The number of halogens is 3. The molecule has 6 heteroatoms. The van der Waals surface area contributed by atoms with Gasteiger partial charge < -0.3 is 4.74 Å². The van der Waals surface area contributed by atoms with Crippen LogP contribution in [0.1, 0.15) is 5.69 Å². The third kappa shape index (κ3) is 3.29. The maximum Gasteiger partial charge on any atom is 0.161 e. The molecule has 2 aromatic rings. The normalized spacial score (nSPS) is 10.7. The van der Waals surface area contributed by atoms with Crippen LogP contribution < -0.4 is 0 Å². The highest BCUT2D eigenvalue weighted by Gasteiger charge is 2.07. The highest BCUT2D eigenvalue weighted by Crippen LogP contribution is 2.28. The van der Waals surface area contributed by atoms with E-state index >= 15 is 0 Å². The van der Waals surface area contributed by atoms with Crippen LogP contribution in [-0.4, -0.2) is 17.1 Å². The van der Waals surface area contributed by atoms with Crippen LogP contribution in [0.25, 0.3) is 11.4 Å². The molecule has 0 N–H and O–H groups in total. The molecule has 0 radical (unpaired) electrons. The van der Waals surface area contributed by atoms with E-state index in [4.69, 9.17) is 16.3 Å². The zero-order chi connectivity index (χ0) is 13.1. The fraction of sp³-hybridized carbons (Fsp3) is 0.167. The Morgan fingerprint density at radius 2 is 1.94 bits per heavy atom. The van der Waals surface area contributed by atoms with Gasteiger partial charge in [-0.1, -0.05) is 11.6 Å². The van der Waals surface area contributed by atoms with Crippen molar-refractivity contribution in [3.8, 4) is 11.4 Å².